The van der Waals surface area contributed by atoms with Crippen molar-refractivity contribution in [1.82, 2.24) is 9.80 Å². The third-order valence-corrected chi connectivity index (χ3v) is 4.71. The zero-order chi connectivity index (χ0) is 17.1. The molecule has 1 aromatic carbocycles. The molecule has 5 nitrogen and oxygen atoms in total. The highest BCUT2D eigenvalue weighted by Crippen LogP contribution is 2.19. The van der Waals surface area contributed by atoms with Crippen LogP contribution in [0.15, 0.2) is 33.5 Å². The van der Waals surface area contributed by atoms with Gasteiger partial charge in [-0.3, -0.25) is 4.90 Å². The lowest BCUT2D eigenvalue weighted by Gasteiger charge is -2.34. The lowest BCUT2D eigenvalue weighted by Crippen LogP contribution is -2.46. The fraction of sp³-hybridized carbons (Fsp3) is 0.526. The van der Waals surface area contributed by atoms with Gasteiger partial charge in [0.05, 0.1) is 13.2 Å². The van der Waals surface area contributed by atoms with Gasteiger partial charge in [-0.15, -0.1) is 0 Å². The molecule has 0 spiro atoms. The van der Waals surface area contributed by atoms with Crippen molar-refractivity contribution in [3.05, 3.63) is 45.8 Å². The third kappa shape index (κ3) is 4.04. The molecule has 0 amide bonds. The summed E-state index contributed by atoms with van der Waals surface area (Å²) in [5, 5.41) is 1.00. The average Bonchev–Trinajstić information content (AvgIpc) is 2.55. The molecule has 1 saturated heterocycles. The smallest absolute Gasteiger partial charge is 0.336 e. The Morgan fingerprint density at radius 1 is 1.25 bits per heavy atom. The number of fused-ring (bicyclic) bond motifs is 1. The number of hydrogen-bond acceptors (Lipinski definition) is 5. The number of nitrogens with zero attached hydrogens (tertiary/aromatic N) is 2. The standard InChI is InChI=1S/C19H26N2O3/c1-14-10-19(22)24-18-11-16(4-5-17(14)18)13-20(3)12-15(2)21-6-8-23-9-7-21/h4-5,10-11,15H,6-9,12-13H2,1-3H3. The molecule has 1 fully saturated rings. The highest BCUT2D eigenvalue weighted by atomic mass is 16.5. The Bertz CT molecular complexity index is 750. The molecule has 1 aliphatic heterocycles. The van der Waals surface area contributed by atoms with Gasteiger partial charge in [-0.25, -0.2) is 4.79 Å². The quantitative estimate of drug-likeness (QED) is 0.787. The Kier molecular flexibility index (Phi) is 5.33. The van der Waals surface area contributed by atoms with Crippen LogP contribution in [-0.2, 0) is 11.3 Å². The normalized spacial score (nSPS) is 17.5. The van der Waals surface area contributed by atoms with E-state index in [9.17, 15) is 4.79 Å². The maximum absolute atomic E-state index is 11.6. The van der Waals surface area contributed by atoms with Crippen molar-refractivity contribution in [2.75, 3.05) is 39.9 Å². The van der Waals surface area contributed by atoms with Crippen LogP contribution in [0.25, 0.3) is 11.0 Å². The van der Waals surface area contributed by atoms with Gasteiger partial charge in [0.2, 0.25) is 0 Å². The Morgan fingerprint density at radius 3 is 2.75 bits per heavy atom. The Hall–Kier alpha value is -1.69. The molecule has 24 heavy (non-hydrogen) atoms. The van der Waals surface area contributed by atoms with Gasteiger partial charge in [0.1, 0.15) is 5.58 Å². The lowest BCUT2D eigenvalue weighted by atomic mass is 10.1. The van der Waals surface area contributed by atoms with Crippen molar-refractivity contribution in [3.63, 3.8) is 0 Å². The first-order chi connectivity index (χ1) is 11.5. The molecule has 0 saturated carbocycles. The molecule has 0 N–H and O–H groups in total. The van der Waals surface area contributed by atoms with Crippen molar-refractivity contribution in [2.45, 2.75) is 26.4 Å². The Morgan fingerprint density at radius 2 is 2.00 bits per heavy atom. The number of likely N-dealkylation sites (N-methyl/N-ethyl adjacent to an activating group) is 1. The minimum atomic E-state index is -0.286. The first-order valence-corrected chi connectivity index (χ1v) is 8.56. The highest BCUT2D eigenvalue weighted by Gasteiger charge is 2.18. The highest BCUT2D eigenvalue weighted by molar-refractivity contribution is 5.80. The molecule has 0 bridgehead atoms. The first-order valence-electron chi connectivity index (χ1n) is 8.56. The van der Waals surface area contributed by atoms with E-state index in [-0.39, 0.29) is 5.63 Å². The van der Waals surface area contributed by atoms with Crippen LogP contribution in [0.3, 0.4) is 0 Å². The molecule has 0 radical (unpaired) electrons. The molecule has 2 aromatic rings. The van der Waals surface area contributed by atoms with Crippen molar-refractivity contribution in [1.29, 1.82) is 0 Å². The molecule has 3 rings (SSSR count). The van der Waals surface area contributed by atoms with Crippen LogP contribution in [-0.4, -0.2) is 55.7 Å². The minimum Gasteiger partial charge on any atom is -0.423 e. The van der Waals surface area contributed by atoms with Gasteiger partial charge in [0, 0.05) is 43.7 Å². The minimum absolute atomic E-state index is 0.286. The second kappa shape index (κ2) is 7.47. The van der Waals surface area contributed by atoms with Gasteiger partial charge >= 0.3 is 5.63 Å². The van der Waals surface area contributed by atoms with Crippen molar-refractivity contribution >= 4 is 11.0 Å². The number of ether oxygens (including phenoxy) is 1. The SMILES string of the molecule is Cc1cc(=O)oc2cc(CN(C)CC(C)N3CCOCC3)ccc12. The molecule has 1 aromatic heterocycles. The maximum atomic E-state index is 11.6. The van der Waals surface area contributed by atoms with Crippen LogP contribution < -0.4 is 5.63 Å². The molecule has 1 unspecified atom stereocenters. The summed E-state index contributed by atoms with van der Waals surface area (Å²) in [7, 11) is 2.13. The molecule has 0 aliphatic carbocycles. The van der Waals surface area contributed by atoms with Gasteiger partial charge in [-0.1, -0.05) is 12.1 Å². The van der Waals surface area contributed by atoms with Crippen LogP contribution >= 0.6 is 0 Å². The van der Waals surface area contributed by atoms with E-state index in [1.165, 1.54) is 6.07 Å². The summed E-state index contributed by atoms with van der Waals surface area (Å²) in [6.07, 6.45) is 0. The third-order valence-electron chi connectivity index (χ3n) is 4.71. The summed E-state index contributed by atoms with van der Waals surface area (Å²) in [6, 6.07) is 8.19. The van der Waals surface area contributed by atoms with E-state index >= 15 is 0 Å². The maximum Gasteiger partial charge on any atom is 0.336 e. The summed E-state index contributed by atoms with van der Waals surface area (Å²) in [5.74, 6) is 0. The van der Waals surface area contributed by atoms with Gasteiger partial charge in [-0.05, 0) is 38.1 Å². The van der Waals surface area contributed by atoms with Gasteiger partial charge in [-0.2, -0.15) is 0 Å². The van der Waals surface area contributed by atoms with E-state index in [1.807, 2.05) is 19.1 Å². The second-order valence-electron chi connectivity index (χ2n) is 6.77. The molecular weight excluding hydrogens is 304 g/mol. The van der Waals surface area contributed by atoms with Crippen molar-refractivity contribution in [2.24, 2.45) is 0 Å². The molecular formula is C19H26N2O3. The summed E-state index contributed by atoms with van der Waals surface area (Å²) in [6.45, 7) is 9.72. The number of rotatable bonds is 5. The molecule has 1 atom stereocenters. The van der Waals surface area contributed by atoms with Crippen LogP contribution in [0.5, 0.6) is 0 Å². The average molecular weight is 330 g/mol. The summed E-state index contributed by atoms with van der Waals surface area (Å²) in [4.78, 5) is 16.4. The van der Waals surface area contributed by atoms with E-state index in [4.69, 9.17) is 9.15 Å². The van der Waals surface area contributed by atoms with Crippen LogP contribution in [0.4, 0.5) is 0 Å². The fourth-order valence-electron chi connectivity index (χ4n) is 3.43. The zero-order valence-corrected chi connectivity index (χ0v) is 14.7. The first kappa shape index (κ1) is 17.1. The van der Waals surface area contributed by atoms with E-state index in [2.05, 4.69) is 29.8 Å². The monoisotopic (exact) mass is 330 g/mol. The Balaban J connectivity index is 1.66. The predicted octanol–water partition coefficient (Wildman–Crippen LogP) is 2.25. The fourth-order valence-corrected chi connectivity index (χ4v) is 3.43. The van der Waals surface area contributed by atoms with Crippen molar-refractivity contribution in [3.8, 4) is 0 Å². The van der Waals surface area contributed by atoms with E-state index in [0.717, 1.165) is 55.9 Å². The molecule has 1 aliphatic rings. The summed E-state index contributed by atoms with van der Waals surface area (Å²) >= 11 is 0. The van der Waals surface area contributed by atoms with Gasteiger partial charge in [0.25, 0.3) is 0 Å². The predicted molar refractivity (Wildman–Crippen MR) is 95.4 cm³/mol. The van der Waals surface area contributed by atoms with Crippen LogP contribution in [0.1, 0.15) is 18.1 Å². The summed E-state index contributed by atoms with van der Waals surface area (Å²) < 4.78 is 10.8. The van der Waals surface area contributed by atoms with E-state index in [0.29, 0.717) is 11.6 Å². The molecule has 130 valence electrons. The second-order valence-corrected chi connectivity index (χ2v) is 6.77. The van der Waals surface area contributed by atoms with Gasteiger partial charge in [0.15, 0.2) is 0 Å². The zero-order valence-electron chi connectivity index (χ0n) is 14.7. The van der Waals surface area contributed by atoms with Crippen LogP contribution in [0, 0.1) is 6.92 Å². The number of benzene rings is 1. The molecule has 2 heterocycles. The Labute approximate surface area is 142 Å². The lowest BCUT2D eigenvalue weighted by molar-refractivity contribution is 0.0137. The van der Waals surface area contributed by atoms with Crippen LogP contribution in [0.2, 0.25) is 0 Å². The summed E-state index contributed by atoms with van der Waals surface area (Å²) in [5.41, 5.74) is 2.51. The largest absolute Gasteiger partial charge is 0.423 e. The van der Waals surface area contributed by atoms with E-state index in [1.54, 1.807) is 0 Å². The van der Waals surface area contributed by atoms with Crippen molar-refractivity contribution < 1.29 is 9.15 Å². The number of aryl methyl sites for hydroxylation is 1. The van der Waals surface area contributed by atoms with E-state index < -0.39 is 0 Å². The van der Waals surface area contributed by atoms with Gasteiger partial charge < -0.3 is 14.1 Å². The number of hydrogen-bond donors (Lipinski definition) is 0. The molecule has 5 heteroatoms. The topological polar surface area (TPSA) is 45.9 Å². The number of morpholine rings is 1.